The van der Waals surface area contributed by atoms with Crippen LogP contribution in [-0.2, 0) is 19.6 Å². The summed E-state index contributed by atoms with van der Waals surface area (Å²) in [4.78, 5) is 12.5. The molecular formula is C19H30N2O4S. The first-order valence-corrected chi connectivity index (χ1v) is 10.9. The van der Waals surface area contributed by atoms with Crippen LogP contribution in [0.15, 0.2) is 35.2 Å². The minimum Gasteiger partial charge on any atom is -0.382 e. The van der Waals surface area contributed by atoms with Gasteiger partial charge in [0, 0.05) is 32.2 Å². The van der Waals surface area contributed by atoms with Gasteiger partial charge in [-0.3, -0.25) is 4.79 Å². The predicted octanol–water partition coefficient (Wildman–Crippen LogP) is 2.31. The molecule has 0 aromatic heterocycles. The molecule has 1 fully saturated rings. The minimum atomic E-state index is -3.45. The predicted molar refractivity (Wildman–Crippen MR) is 101 cm³/mol. The smallest absolute Gasteiger partial charge is 0.240 e. The van der Waals surface area contributed by atoms with Crippen LogP contribution in [0.4, 0.5) is 0 Å². The fourth-order valence-corrected chi connectivity index (χ4v) is 4.35. The minimum absolute atomic E-state index is 0.0454. The summed E-state index contributed by atoms with van der Waals surface area (Å²) in [7, 11) is -3.45. The maximum atomic E-state index is 12.3. The van der Waals surface area contributed by atoms with Crippen molar-refractivity contribution in [1.29, 1.82) is 0 Å². The van der Waals surface area contributed by atoms with Gasteiger partial charge in [0.2, 0.25) is 15.9 Å². The highest BCUT2D eigenvalue weighted by Crippen LogP contribution is 2.28. The van der Waals surface area contributed by atoms with Crippen LogP contribution in [0, 0.1) is 11.8 Å². The van der Waals surface area contributed by atoms with Crippen molar-refractivity contribution in [1.82, 2.24) is 10.0 Å². The maximum Gasteiger partial charge on any atom is 0.240 e. The quantitative estimate of drug-likeness (QED) is 0.608. The van der Waals surface area contributed by atoms with Gasteiger partial charge in [-0.1, -0.05) is 18.2 Å². The van der Waals surface area contributed by atoms with E-state index in [1.807, 2.05) is 6.92 Å². The first-order chi connectivity index (χ1) is 12.5. The molecule has 2 rings (SSSR count). The second-order valence-corrected chi connectivity index (χ2v) is 8.49. The van der Waals surface area contributed by atoms with E-state index >= 15 is 0 Å². The molecule has 6 nitrogen and oxygen atoms in total. The van der Waals surface area contributed by atoms with Crippen LogP contribution in [0.1, 0.15) is 39.0 Å². The zero-order valence-electron chi connectivity index (χ0n) is 15.4. The van der Waals surface area contributed by atoms with Gasteiger partial charge in [0.15, 0.2) is 0 Å². The third-order valence-corrected chi connectivity index (χ3v) is 6.24. The fourth-order valence-electron chi connectivity index (χ4n) is 3.21. The summed E-state index contributed by atoms with van der Waals surface area (Å²) in [5, 5.41) is 2.97. The zero-order chi connectivity index (χ0) is 18.8. The van der Waals surface area contributed by atoms with Crippen LogP contribution in [0.2, 0.25) is 0 Å². The van der Waals surface area contributed by atoms with Crippen molar-refractivity contribution in [3.05, 3.63) is 30.3 Å². The number of hydrogen-bond acceptors (Lipinski definition) is 4. The first-order valence-electron chi connectivity index (χ1n) is 9.43. The molecule has 0 aliphatic heterocycles. The SMILES string of the molecule is CCOCCCNC(=O)C1CCC(CNS(=O)(=O)c2ccccc2)CC1. The van der Waals surface area contributed by atoms with Crippen molar-refractivity contribution in [2.24, 2.45) is 11.8 Å². The van der Waals surface area contributed by atoms with Crippen LogP contribution in [-0.4, -0.2) is 40.6 Å². The number of sulfonamides is 1. The van der Waals surface area contributed by atoms with E-state index in [2.05, 4.69) is 10.0 Å². The number of benzene rings is 1. The molecule has 26 heavy (non-hydrogen) atoms. The van der Waals surface area contributed by atoms with E-state index in [9.17, 15) is 13.2 Å². The molecule has 146 valence electrons. The van der Waals surface area contributed by atoms with E-state index < -0.39 is 10.0 Å². The van der Waals surface area contributed by atoms with Crippen molar-refractivity contribution in [3.63, 3.8) is 0 Å². The monoisotopic (exact) mass is 382 g/mol. The van der Waals surface area contributed by atoms with Gasteiger partial charge in [-0.25, -0.2) is 13.1 Å². The highest BCUT2D eigenvalue weighted by Gasteiger charge is 2.27. The average molecular weight is 383 g/mol. The van der Waals surface area contributed by atoms with Crippen LogP contribution in [0.3, 0.4) is 0 Å². The molecule has 1 aliphatic carbocycles. The molecular weight excluding hydrogens is 352 g/mol. The molecule has 2 N–H and O–H groups in total. The normalized spacial score (nSPS) is 20.7. The molecule has 0 heterocycles. The van der Waals surface area contributed by atoms with Gasteiger partial charge < -0.3 is 10.1 Å². The molecule has 0 unspecified atom stereocenters. The Morgan fingerprint density at radius 1 is 1.15 bits per heavy atom. The Morgan fingerprint density at radius 3 is 2.50 bits per heavy atom. The summed E-state index contributed by atoms with van der Waals surface area (Å²) in [6.07, 6.45) is 4.20. The fraction of sp³-hybridized carbons (Fsp3) is 0.632. The first kappa shape index (κ1) is 20.9. The van der Waals surface area contributed by atoms with Crippen molar-refractivity contribution >= 4 is 15.9 Å². The Labute approximate surface area is 156 Å². The van der Waals surface area contributed by atoms with Crippen LogP contribution in [0.5, 0.6) is 0 Å². The largest absolute Gasteiger partial charge is 0.382 e. The van der Waals surface area contributed by atoms with Crippen molar-refractivity contribution < 1.29 is 17.9 Å². The summed E-state index contributed by atoms with van der Waals surface area (Å²) >= 11 is 0. The Bertz CT molecular complexity index is 641. The molecule has 0 bridgehead atoms. The molecule has 1 aromatic carbocycles. The van der Waals surface area contributed by atoms with E-state index in [1.54, 1.807) is 30.3 Å². The van der Waals surface area contributed by atoms with Gasteiger partial charge in [-0.05, 0) is 57.1 Å². The summed E-state index contributed by atoms with van der Waals surface area (Å²) < 4.78 is 32.5. The maximum absolute atomic E-state index is 12.3. The lowest BCUT2D eigenvalue weighted by Crippen LogP contribution is -2.36. The van der Waals surface area contributed by atoms with Crippen molar-refractivity contribution in [2.45, 2.75) is 43.9 Å². The molecule has 7 heteroatoms. The van der Waals surface area contributed by atoms with Gasteiger partial charge >= 0.3 is 0 Å². The highest BCUT2D eigenvalue weighted by atomic mass is 32.2. The van der Waals surface area contributed by atoms with E-state index in [0.29, 0.717) is 31.2 Å². The standard InChI is InChI=1S/C19H30N2O4S/c1-2-25-14-6-13-20-19(22)17-11-9-16(10-12-17)15-21-26(23,24)18-7-4-3-5-8-18/h3-5,7-8,16-17,21H,2,6,9-15H2,1H3,(H,20,22). The van der Waals surface area contributed by atoms with E-state index in [1.165, 1.54) is 0 Å². The van der Waals surface area contributed by atoms with Gasteiger partial charge in [0.25, 0.3) is 0 Å². The summed E-state index contributed by atoms with van der Waals surface area (Å²) in [6, 6.07) is 8.41. The highest BCUT2D eigenvalue weighted by molar-refractivity contribution is 7.89. The number of hydrogen-bond donors (Lipinski definition) is 2. The molecule has 1 aromatic rings. The molecule has 1 saturated carbocycles. The van der Waals surface area contributed by atoms with Crippen LogP contribution >= 0.6 is 0 Å². The Kier molecular flexibility index (Phi) is 8.54. The molecule has 1 aliphatic rings. The third kappa shape index (κ3) is 6.70. The lowest BCUT2D eigenvalue weighted by molar-refractivity contribution is -0.126. The van der Waals surface area contributed by atoms with E-state index in [4.69, 9.17) is 4.74 Å². The van der Waals surface area contributed by atoms with E-state index in [0.717, 1.165) is 32.1 Å². The van der Waals surface area contributed by atoms with Gasteiger partial charge in [-0.2, -0.15) is 0 Å². The number of rotatable bonds is 10. The van der Waals surface area contributed by atoms with Crippen LogP contribution < -0.4 is 10.0 Å². The summed E-state index contributed by atoms with van der Waals surface area (Å²) in [6.45, 7) is 4.41. The second-order valence-electron chi connectivity index (χ2n) is 6.72. The van der Waals surface area contributed by atoms with Gasteiger partial charge in [0.1, 0.15) is 0 Å². The van der Waals surface area contributed by atoms with Gasteiger partial charge in [-0.15, -0.1) is 0 Å². The third-order valence-electron chi connectivity index (χ3n) is 4.80. The number of carbonyl (C=O) groups excluding carboxylic acids is 1. The topological polar surface area (TPSA) is 84.5 Å². The zero-order valence-corrected chi connectivity index (χ0v) is 16.3. The van der Waals surface area contributed by atoms with Crippen molar-refractivity contribution in [3.8, 4) is 0 Å². The van der Waals surface area contributed by atoms with E-state index in [-0.39, 0.29) is 17.7 Å². The second kappa shape index (κ2) is 10.6. The number of nitrogens with one attached hydrogen (secondary N) is 2. The molecule has 0 spiro atoms. The molecule has 0 radical (unpaired) electrons. The van der Waals surface area contributed by atoms with Gasteiger partial charge in [0.05, 0.1) is 4.90 Å². The number of carbonyl (C=O) groups is 1. The Hall–Kier alpha value is -1.44. The summed E-state index contributed by atoms with van der Waals surface area (Å²) in [5.74, 6) is 0.449. The summed E-state index contributed by atoms with van der Waals surface area (Å²) in [5.41, 5.74) is 0. The Morgan fingerprint density at radius 2 is 1.85 bits per heavy atom. The van der Waals surface area contributed by atoms with Crippen molar-refractivity contribution in [2.75, 3.05) is 26.3 Å². The molecule has 0 atom stereocenters. The lowest BCUT2D eigenvalue weighted by atomic mass is 9.81. The average Bonchev–Trinajstić information content (AvgIpc) is 2.67. The molecule has 1 amide bonds. The lowest BCUT2D eigenvalue weighted by Gasteiger charge is -2.27. The number of ether oxygens (including phenoxy) is 1. The Balaban J connectivity index is 1.67. The number of amides is 1. The molecule has 0 saturated heterocycles. The van der Waals surface area contributed by atoms with Crippen LogP contribution in [0.25, 0.3) is 0 Å².